The molecule has 0 amide bonds. The lowest BCUT2D eigenvalue weighted by atomic mass is 9.95. The molecule has 0 unspecified atom stereocenters. The van der Waals surface area contributed by atoms with Crippen molar-refractivity contribution in [1.29, 1.82) is 0 Å². The van der Waals surface area contributed by atoms with Gasteiger partial charge in [-0.15, -0.1) is 0 Å². The summed E-state index contributed by atoms with van der Waals surface area (Å²) < 4.78 is 20.8. The van der Waals surface area contributed by atoms with Crippen LogP contribution in [0.4, 0.5) is 0 Å². The SMILES string of the molecule is CCO[C@@H]1CCN[C@@H](c2ccc(C(=O)OC)cc2)C1.CCO[C@H]1CCN[C@H](c2ccc(C(=O)OC)cc2)C1. The lowest BCUT2D eigenvalue weighted by Gasteiger charge is -2.30. The number of ether oxygens (including phenoxy) is 4. The minimum atomic E-state index is -0.296. The molecular weight excluding hydrogens is 484 g/mol. The number of rotatable bonds is 8. The summed E-state index contributed by atoms with van der Waals surface area (Å²) in [6.45, 7) is 7.52. The van der Waals surface area contributed by atoms with Gasteiger partial charge in [0, 0.05) is 25.3 Å². The van der Waals surface area contributed by atoms with Gasteiger partial charge in [-0.2, -0.15) is 0 Å². The van der Waals surface area contributed by atoms with Crippen molar-refractivity contribution in [2.45, 2.75) is 63.8 Å². The molecule has 0 radical (unpaired) electrons. The second-order valence-corrected chi connectivity index (χ2v) is 9.44. The number of nitrogens with one attached hydrogen (secondary N) is 2. The molecular formula is C30H42N2O6. The number of piperidine rings is 2. The quantitative estimate of drug-likeness (QED) is 0.482. The molecule has 0 aliphatic carbocycles. The minimum absolute atomic E-state index is 0.296. The standard InChI is InChI=1S/2C15H21NO3/c2*1-3-19-13-8-9-16-14(10-13)11-4-6-12(7-5-11)15(17)18-2/h2*4-7,13-14,16H,3,8-10H2,1-2H3/t2*13-,14-/m10/s1. The zero-order valence-electron chi connectivity index (χ0n) is 23.0. The Kier molecular flexibility index (Phi) is 12.2. The minimum Gasteiger partial charge on any atom is -0.465 e. The van der Waals surface area contributed by atoms with Crippen LogP contribution < -0.4 is 10.6 Å². The summed E-state index contributed by atoms with van der Waals surface area (Å²) in [6, 6.07) is 15.8. The number of hydrogen-bond acceptors (Lipinski definition) is 8. The molecule has 0 bridgehead atoms. The number of carbonyl (C=O) groups excluding carboxylic acids is 2. The van der Waals surface area contributed by atoms with E-state index < -0.39 is 0 Å². The Morgan fingerprint density at radius 2 is 1.05 bits per heavy atom. The monoisotopic (exact) mass is 526 g/mol. The number of methoxy groups -OCH3 is 2. The summed E-state index contributed by atoms with van der Waals surface area (Å²) in [4.78, 5) is 22.8. The van der Waals surface area contributed by atoms with Crippen LogP contribution in [0.25, 0.3) is 0 Å². The highest BCUT2D eigenvalue weighted by atomic mass is 16.5. The fourth-order valence-corrected chi connectivity index (χ4v) is 4.99. The molecule has 2 saturated heterocycles. The van der Waals surface area contributed by atoms with Gasteiger partial charge in [0.2, 0.25) is 0 Å². The van der Waals surface area contributed by atoms with Gasteiger partial charge in [0.15, 0.2) is 0 Å². The molecule has 2 aromatic carbocycles. The van der Waals surface area contributed by atoms with Crippen LogP contribution in [0, 0.1) is 0 Å². The summed E-state index contributed by atoms with van der Waals surface area (Å²) in [5.74, 6) is -0.592. The molecule has 2 aliphatic rings. The lowest BCUT2D eigenvalue weighted by molar-refractivity contribution is 0.0295. The van der Waals surface area contributed by atoms with Crippen LogP contribution in [0.2, 0.25) is 0 Å². The fraction of sp³-hybridized carbons (Fsp3) is 0.533. The third-order valence-electron chi connectivity index (χ3n) is 6.98. The summed E-state index contributed by atoms with van der Waals surface area (Å²) in [5.41, 5.74) is 3.56. The van der Waals surface area contributed by atoms with Crippen LogP contribution in [0.5, 0.6) is 0 Å². The van der Waals surface area contributed by atoms with Crippen LogP contribution in [-0.4, -0.2) is 64.7 Å². The summed E-state index contributed by atoms with van der Waals surface area (Å²) in [7, 11) is 2.79. The molecule has 4 atom stereocenters. The number of hydrogen-bond donors (Lipinski definition) is 2. The molecule has 4 rings (SSSR count). The largest absolute Gasteiger partial charge is 0.465 e. The van der Waals surface area contributed by atoms with Crippen molar-refractivity contribution in [1.82, 2.24) is 10.6 Å². The van der Waals surface area contributed by atoms with Gasteiger partial charge in [-0.3, -0.25) is 0 Å². The highest BCUT2D eigenvalue weighted by Crippen LogP contribution is 2.26. The highest BCUT2D eigenvalue weighted by Gasteiger charge is 2.24. The van der Waals surface area contributed by atoms with Crippen molar-refractivity contribution in [2.24, 2.45) is 0 Å². The van der Waals surface area contributed by atoms with Gasteiger partial charge >= 0.3 is 11.9 Å². The molecule has 2 aliphatic heterocycles. The zero-order valence-corrected chi connectivity index (χ0v) is 23.0. The van der Waals surface area contributed by atoms with Gasteiger partial charge < -0.3 is 29.6 Å². The average molecular weight is 527 g/mol. The maximum Gasteiger partial charge on any atom is 0.337 e. The average Bonchev–Trinajstić information content (AvgIpc) is 2.97. The third-order valence-corrected chi connectivity index (χ3v) is 6.98. The fourth-order valence-electron chi connectivity index (χ4n) is 4.99. The van der Waals surface area contributed by atoms with Gasteiger partial charge in [0.1, 0.15) is 0 Å². The zero-order chi connectivity index (χ0) is 27.3. The third kappa shape index (κ3) is 8.63. The summed E-state index contributed by atoms with van der Waals surface area (Å²) in [5, 5.41) is 6.98. The van der Waals surface area contributed by atoms with Gasteiger partial charge in [0.05, 0.1) is 37.6 Å². The second kappa shape index (κ2) is 15.6. The van der Waals surface area contributed by atoms with Crippen molar-refractivity contribution in [3.63, 3.8) is 0 Å². The first-order valence-corrected chi connectivity index (χ1v) is 13.5. The van der Waals surface area contributed by atoms with E-state index in [1.165, 1.54) is 25.3 Å². The van der Waals surface area contributed by atoms with Gasteiger partial charge in [-0.05, 0) is 88.0 Å². The Morgan fingerprint density at radius 3 is 1.37 bits per heavy atom. The van der Waals surface area contributed by atoms with Gasteiger partial charge in [0.25, 0.3) is 0 Å². The second-order valence-electron chi connectivity index (χ2n) is 9.44. The number of benzene rings is 2. The van der Waals surface area contributed by atoms with Crippen molar-refractivity contribution in [3.05, 3.63) is 70.8 Å². The van der Waals surface area contributed by atoms with Crippen LogP contribution in [-0.2, 0) is 18.9 Å². The van der Waals surface area contributed by atoms with E-state index in [-0.39, 0.29) is 11.9 Å². The molecule has 38 heavy (non-hydrogen) atoms. The molecule has 2 heterocycles. The molecule has 8 heteroatoms. The predicted molar refractivity (Wildman–Crippen MR) is 146 cm³/mol. The molecule has 2 aromatic rings. The van der Waals surface area contributed by atoms with E-state index >= 15 is 0 Å². The Balaban J connectivity index is 0.000000211. The van der Waals surface area contributed by atoms with Crippen molar-refractivity contribution >= 4 is 11.9 Å². The summed E-state index contributed by atoms with van der Waals surface area (Å²) in [6.07, 6.45) is 4.74. The molecule has 208 valence electrons. The Bertz CT molecular complexity index is 909. The van der Waals surface area contributed by atoms with Crippen LogP contribution >= 0.6 is 0 Å². The Hall–Kier alpha value is -2.78. The van der Waals surface area contributed by atoms with Gasteiger partial charge in [-0.1, -0.05) is 24.3 Å². The molecule has 0 saturated carbocycles. The van der Waals surface area contributed by atoms with Crippen LogP contribution in [0.15, 0.2) is 48.5 Å². The Morgan fingerprint density at radius 1 is 0.684 bits per heavy atom. The maximum absolute atomic E-state index is 11.4. The van der Waals surface area contributed by atoms with E-state index in [4.69, 9.17) is 18.9 Å². The molecule has 8 nitrogen and oxygen atoms in total. The number of carbonyl (C=O) groups is 2. The first-order chi connectivity index (χ1) is 18.5. The smallest absolute Gasteiger partial charge is 0.337 e. The van der Waals surface area contributed by atoms with Crippen molar-refractivity contribution in [3.8, 4) is 0 Å². The van der Waals surface area contributed by atoms with Crippen LogP contribution in [0.3, 0.4) is 0 Å². The summed E-state index contributed by atoms with van der Waals surface area (Å²) >= 11 is 0. The molecule has 2 fully saturated rings. The van der Waals surface area contributed by atoms with Crippen molar-refractivity contribution < 1.29 is 28.5 Å². The van der Waals surface area contributed by atoms with E-state index in [1.807, 2.05) is 62.4 Å². The molecule has 0 spiro atoms. The topological polar surface area (TPSA) is 95.1 Å². The number of esters is 2. The van der Waals surface area contributed by atoms with E-state index in [2.05, 4.69) is 10.6 Å². The van der Waals surface area contributed by atoms with E-state index in [9.17, 15) is 9.59 Å². The molecule has 2 N–H and O–H groups in total. The predicted octanol–water partition coefficient (Wildman–Crippen LogP) is 4.61. The van der Waals surface area contributed by atoms with E-state index in [0.29, 0.717) is 35.4 Å². The maximum atomic E-state index is 11.4. The Labute approximate surface area is 226 Å². The van der Waals surface area contributed by atoms with Gasteiger partial charge in [-0.25, -0.2) is 9.59 Å². The van der Waals surface area contributed by atoms with Crippen LogP contribution in [0.1, 0.15) is 83.5 Å². The normalized spacial score (nSPS) is 23.1. The molecule has 0 aromatic heterocycles. The van der Waals surface area contributed by atoms with E-state index in [1.54, 1.807) is 0 Å². The first kappa shape index (κ1) is 29.8. The first-order valence-electron chi connectivity index (χ1n) is 13.5. The van der Waals surface area contributed by atoms with E-state index in [0.717, 1.165) is 52.0 Å². The highest BCUT2D eigenvalue weighted by molar-refractivity contribution is 5.89. The van der Waals surface area contributed by atoms with Crippen molar-refractivity contribution in [2.75, 3.05) is 40.5 Å². The lowest BCUT2D eigenvalue weighted by Crippen LogP contribution is -2.35.